The summed E-state index contributed by atoms with van der Waals surface area (Å²) in [6.45, 7) is 3.06. The molecule has 2 N–H and O–H groups in total. The Hall–Kier alpha value is -2.76. The van der Waals surface area contributed by atoms with E-state index >= 15 is 0 Å². The predicted octanol–water partition coefficient (Wildman–Crippen LogP) is 2.72. The van der Waals surface area contributed by atoms with Gasteiger partial charge in [0.25, 0.3) is 11.8 Å². The fourth-order valence-corrected chi connectivity index (χ4v) is 2.24. The molecular formula is C19H22FN3O2. The fourth-order valence-electron chi connectivity index (χ4n) is 2.24. The minimum Gasteiger partial charge on any atom is -0.352 e. The first-order valence-electron chi connectivity index (χ1n) is 8.37. The molecule has 0 aliphatic carbocycles. The smallest absolute Gasteiger partial charge is 0.269 e. The standard InChI is InChI=1S/C19H22FN3O2/c1-2-3-10-22-18(24)15-9-12-21-17(13-15)19(25)23-11-8-14-4-6-16(20)7-5-14/h4-7,9,12-13H,2-3,8,10-11H2,1H3,(H,22,24)(H,23,25). The highest BCUT2D eigenvalue weighted by atomic mass is 19.1. The fraction of sp³-hybridized carbons (Fsp3) is 0.316. The van der Waals surface area contributed by atoms with Gasteiger partial charge in [-0.2, -0.15) is 0 Å². The van der Waals surface area contributed by atoms with Crippen LogP contribution < -0.4 is 10.6 Å². The Labute approximate surface area is 146 Å². The summed E-state index contributed by atoms with van der Waals surface area (Å²) in [6, 6.07) is 9.20. The highest BCUT2D eigenvalue weighted by Crippen LogP contribution is 2.04. The minimum absolute atomic E-state index is 0.197. The van der Waals surface area contributed by atoms with Gasteiger partial charge in [-0.3, -0.25) is 14.6 Å². The van der Waals surface area contributed by atoms with Gasteiger partial charge in [-0.1, -0.05) is 25.5 Å². The van der Waals surface area contributed by atoms with Gasteiger partial charge in [0.2, 0.25) is 0 Å². The van der Waals surface area contributed by atoms with Crippen molar-refractivity contribution in [3.05, 3.63) is 65.2 Å². The molecule has 2 rings (SSSR count). The molecule has 2 amide bonds. The SMILES string of the molecule is CCCCNC(=O)c1ccnc(C(=O)NCCc2ccc(F)cc2)c1. The van der Waals surface area contributed by atoms with E-state index in [-0.39, 0.29) is 23.3 Å². The Kier molecular flexibility index (Phi) is 7.07. The Morgan fingerprint density at radius 1 is 1.04 bits per heavy atom. The maximum atomic E-state index is 12.8. The molecule has 1 aromatic heterocycles. The molecule has 0 atom stereocenters. The van der Waals surface area contributed by atoms with E-state index in [1.807, 2.05) is 6.92 Å². The van der Waals surface area contributed by atoms with E-state index in [0.29, 0.717) is 25.1 Å². The number of rotatable bonds is 8. The van der Waals surface area contributed by atoms with E-state index < -0.39 is 0 Å². The summed E-state index contributed by atoms with van der Waals surface area (Å²) in [4.78, 5) is 28.2. The molecule has 0 saturated heterocycles. The van der Waals surface area contributed by atoms with Crippen molar-refractivity contribution in [1.82, 2.24) is 15.6 Å². The molecule has 0 unspecified atom stereocenters. The van der Waals surface area contributed by atoms with Gasteiger partial charge in [-0.05, 0) is 42.7 Å². The van der Waals surface area contributed by atoms with Gasteiger partial charge >= 0.3 is 0 Å². The predicted molar refractivity (Wildman–Crippen MR) is 93.9 cm³/mol. The molecule has 0 bridgehead atoms. The van der Waals surface area contributed by atoms with Crippen LogP contribution in [0.15, 0.2) is 42.6 Å². The lowest BCUT2D eigenvalue weighted by atomic mass is 10.1. The summed E-state index contributed by atoms with van der Waals surface area (Å²) in [5.41, 5.74) is 1.54. The minimum atomic E-state index is -0.342. The first-order chi connectivity index (χ1) is 12.1. The van der Waals surface area contributed by atoms with Crippen molar-refractivity contribution in [3.8, 4) is 0 Å². The molecule has 132 valence electrons. The van der Waals surface area contributed by atoms with Crippen LogP contribution in [0.2, 0.25) is 0 Å². The number of nitrogens with zero attached hydrogens (tertiary/aromatic N) is 1. The number of hydrogen-bond donors (Lipinski definition) is 2. The molecule has 5 nitrogen and oxygen atoms in total. The number of amides is 2. The number of carbonyl (C=O) groups is 2. The maximum Gasteiger partial charge on any atom is 0.269 e. The molecule has 1 aromatic carbocycles. The molecule has 25 heavy (non-hydrogen) atoms. The number of carbonyl (C=O) groups excluding carboxylic acids is 2. The highest BCUT2D eigenvalue weighted by Gasteiger charge is 2.11. The van der Waals surface area contributed by atoms with Gasteiger partial charge in [0.05, 0.1) is 0 Å². The van der Waals surface area contributed by atoms with E-state index in [1.54, 1.807) is 18.2 Å². The molecule has 2 aromatic rings. The monoisotopic (exact) mass is 343 g/mol. The zero-order chi connectivity index (χ0) is 18.1. The summed E-state index contributed by atoms with van der Waals surface area (Å²) in [5, 5.41) is 5.56. The highest BCUT2D eigenvalue weighted by molar-refractivity contribution is 5.98. The van der Waals surface area contributed by atoms with Crippen molar-refractivity contribution >= 4 is 11.8 Å². The molecule has 0 spiro atoms. The van der Waals surface area contributed by atoms with Crippen LogP contribution in [0.3, 0.4) is 0 Å². The quantitative estimate of drug-likeness (QED) is 0.724. The summed E-state index contributed by atoms with van der Waals surface area (Å²) in [7, 11) is 0. The molecule has 0 aliphatic heterocycles. The molecule has 1 heterocycles. The van der Waals surface area contributed by atoms with Crippen LogP contribution in [0.5, 0.6) is 0 Å². The Morgan fingerprint density at radius 3 is 2.48 bits per heavy atom. The van der Waals surface area contributed by atoms with E-state index in [0.717, 1.165) is 18.4 Å². The van der Waals surface area contributed by atoms with Crippen LogP contribution in [0.1, 0.15) is 46.2 Å². The Morgan fingerprint density at radius 2 is 1.76 bits per heavy atom. The number of hydrogen-bond acceptors (Lipinski definition) is 3. The number of nitrogens with one attached hydrogen (secondary N) is 2. The third-order valence-electron chi connectivity index (χ3n) is 3.68. The van der Waals surface area contributed by atoms with Gasteiger partial charge in [-0.25, -0.2) is 4.39 Å². The third kappa shape index (κ3) is 5.99. The summed E-state index contributed by atoms with van der Waals surface area (Å²) in [6.07, 6.45) is 3.94. The second-order valence-electron chi connectivity index (χ2n) is 5.67. The lowest BCUT2D eigenvalue weighted by Gasteiger charge is -2.07. The van der Waals surface area contributed by atoms with Crippen molar-refractivity contribution in [3.63, 3.8) is 0 Å². The average Bonchev–Trinajstić information content (AvgIpc) is 2.63. The largest absolute Gasteiger partial charge is 0.352 e. The van der Waals surface area contributed by atoms with Crippen LogP contribution in [0.25, 0.3) is 0 Å². The van der Waals surface area contributed by atoms with E-state index in [1.165, 1.54) is 24.4 Å². The van der Waals surface area contributed by atoms with Crippen molar-refractivity contribution < 1.29 is 14.0 Å². The van der Waals surface area contributed by atoms with E-state index in [4.69, 9.17) is 0 Å². The van der Waals surface area contributed by atoms with Crippen LogP contribution in [-0.2, 0) is 6.42 Å². The van der Waals surface area contributed by atoms with Gasteiger partial charge in [0, 0.05) is 24.8 Å². The van der Waals surface area contributed by atoms with Crippen LogP contribution in [-0.4, -0.2) is 29.9 Å². The second kappa shape index (κ2) is 9.52. The molecule has 0 saturated carbocycles. The van der Waals surface area contributed by atoms with Crippen molar-refractivity contribution in [2.24, 2.45) is 0 Å². The normalized spacial score (nSPS) is 10.3. The number of benzene rings is 1. The molecule has 6 heteroatoms. The number of pyridine rings is 1. The number of unbranched alkanes of at least 4 members (excludes halogenated alkanes) is 1. The first-order valence-corrected chi connectivity index (χ1v) is 8.37. The third-order valence-corrected chi connectivity index (χ3v) is 3.68. The maximum absolute atomic E-state index is 12.8. The molecule has 0 radical (unpaired) electrons. The van der Waals surface area contributed by atoms with Gasteiger partial charge in [-0.15, -0.1) is 0 Å². The zero-order valence-corrected chi connectivity index (χ0v) is 14.2. The molecule has 0 fully saturated rings. The number of halogens is 1. The van der Waals surface area contributed by atoms with Crippen LogP contribution >= 0.6 is 0 Å². The average molecular weight is 343 g/mol. The summed E-state index contributed by atoms with van der Waals surface area (Å²) in [5.74, 6) is -0.840. The lowest BCUT2D eigenvalue weighted by molar-refractivity contribution is 0.0949. The van der Waals surface area contributed by atoms with Gasteiger partial charge in [0.1, 0.15) is 11.5 Å². The first kappa shape index (κ1) is 18.6. The zero-order valence-electron chi connectivity index (χ0n) is 14.2. The Bertz CT molecular complexity index is 717. The Balaban J connectivity index is 1.87. The molecule has 0 aliphatic rings. The van der Waals surface area contributed by atoms with Crippen molar-refractivity contribution in [2.45, 2.75) is 26.2 Å². The van der Waals surface area contributed by atoms with Crippen LogP contribution in [0, 0.1) is 5.82 Å². The second-order valence-corrected chi connectivity index (χ2v) is 5.67. The summed E-state index contributed by atoms with van der Waals surface area (Å²) >= 11 is 0. The van der Waals surface area contributed by atoms with E-state index in [9.17, 15) is 14.0 Å². The van der Waals surface area contributed by atoms with Gasteiger partial charge in [0.15, 0.2) is 0 Å². The summed E-state index contributed by atoms with van der Waals surface area (Å²) < 4.78 is 12.8. The lowest BCUT2D eigenvalue weighted by Crippen LogP contribution is -2.28. The van der Waals surface area contributed by atoms with Crippen molar-refractivity contribution in [2.75, 3.05) is 13.1 Å². The van der Waals surface area contributed by atoms with Crippen LogP contribution in [0.4, 0.5) is 4.39 Å². The van der Waals surface area contributed by atoms with Crippen molar-refractivity contribution in [1.29, 1.82) is 0 Å². The topological polar surface area (TPSA) is 71.1 Å². The number of aromatic nitrogens is 1. The molecular weight excluding hydrogens is 321 g/mol. The van der Waals surface area contributed by atoms with E-state index in [2.05, 4.69) is 15.6 Å². The van der Waals surface area contributed by atoms with Gasteiger partial charge < -0.3 is 10.6 Å².